The number of nitriles is 1. The van der Waals surface area contributed by atoms with Crippen molar-refractivity contribution in [2.24, 2.45) is 0 Å². The normalized spacial score (nSPS) is 9.81. The van der Waals surface area contributed by atoms with Crippen molar-refractivity contribution in [1.82, 2.24) is 9.97 Å². The molecule has 0 fully saturated rings. The van der Waals surface area contributed by atoms with Gasteiger partial charge in [0.1, 0.15) is 18.1 Å². The summed E-state index contributed by atoms with van der Waals surface area (Å²) in [5.41, 5.74) is 4.66. The molecule has 1 heterocycles. The average molecular weight is 209 g/mol. The molecule has 0 aliphatic carbocycles. The molecule has 0 unspecified atom stereocenters. The first-order valence-electron chi connectivity index (χ1n) is 5.00. The molecule has 2 aromatic rings. The van der Waals surface area contributed by atoms with Crippen LogP contribution >= 0.6 is 0 Å². The Balaban J connectivity index is 2.51. The number of nitrogens with zero attached hydrogens (tertiary/aromatic N) is 3. The zero-order valence-corrected chi connectivity index (χ0v) is 9.23. The Morgan fingerprint density at radius 3 is 2.56 bits per heavy atom. The van der Waals surface area contributed by atoms with Crippen molar-refractivity contribution >= 4 is 0 Å². The van der Waals surface area contributed by atoms with Crippen LogP contribution in [0.5, 0.6) is 0 Å². The van der Waals surface area contributed by atoms with Gasteiger partial charge in [-0.15, -0.1) is 0 Å². The molecular formula is C13H11N3. The zero-order chi connectivity index (χ0) is 11.5. The first kappa shape index (κ1) is 10.3. The van der Waals surface area contributed by atoms with Crippen molar-refractivity contribution in [3.05, 3.63) is 47.4 Å². The first-order valence-corrected chi connectivity index (χ1v) is 5.00. The van der Waals surface area contributed by atoms with Crippen LogP contribution in [0.15, 0.2) is 30.6 Å². The van der Waals surface area contributed by atoms with Gasteiger partial charge >= 0.3 is 0 Å². The van der Waals surface area contributed by atoms with Crippen molar-refractivity contribution in [2.45, 2.75) is 13.8 Å². The van der Waals surface area contributed by atoms with Gasteiger partial charge in [0.05, 0.1) is 5.69 Å². The molecule has 78 valence electrons. The second kappa shape index (κ2) is 4.11. The van der Waals surface area contributed by atoms with Crippen LogP contribution in [0.1, 0.15) is 16.8 Å². The van der Waals surface area contributed by atoms with Gasteiger partial charge in [-0.3, -0.25) is 0 Å². The van der Waals surface area contributed by atoms with E-state index in [4.69, 9.17) is 5.26 Å². The molecule has 0 amide bonds. The predicted octanol–water partition coefficient (Wildman–Crippen LogP) is 2.63. The van der Waals surface area contributed by atoms with E-state index in [-0.39, 0.29) is 0 Å². The maximum Gasteiger partial charge on any atom is 0.144 e. The Labute approximate surface area is 94.4 Å². The summed E-state index contributed by atoms with van der Waals surface area (Å²) in [6, 6.07) is 9.84. The van der Waals surface area contributed by atoms with Gasteiger partial charge in [-0.2, -0.15) is 5.26 Å². The van der Waals surface area contributed by atoms with Crippen molar-refractivity contribution in [3.63, 3.8) is 0 Å². The lowest BCUT2D eigenvalue weighted by Crippen LogP contribution is -1.90. The molecule has 0 radical (unpaired) electrons. The molecule has 0 aliphatic heterocycles. The molecule has 0 N–H and O–H groups in total. The van der Waals surface area contributed by atoms with E-state index in [0.29, 0.717) is 5.69 Å². The van der Waals surface area contributed by atoms with Gasteiger partial charge in [0.2, 0.25) is 0 Å². The van der Waals surface area contributed by atoms with Gasteiger partial charge in [-0.1, -0.05) is 12.1 Å². The summed E-state index contributed by atoms with van der Waals surface area (Å²) in [5.74, 6) is 0. The molecular weight excluding hydrogens is 198 g/mol. The van der Waals surface area contributed by atoms with Crippen LogP contribution in [0.4, 0.5) is 0 Å². The maximum absolute atomic E-state index is 8.77. The molecule has 0 atom stereocenters. The van der Waals surface area contributed by atoms with Gasteiger partial charge in [-0.05, 0) is 31.0 Å². The highest BCUT2D eigenvalue weighted by molar-refractivity contribution is 5.61. The summed E-state index contributed by atoms with van der Waals surface area (Å²) in [6.45, 7) is 4.13. The smallest absolute Gasteiger partial charge is 0.144 e. The molecule has 0 saturated carbocycles. The maximum atomic E-state index is 8.77. The quantitative estimate of drug-likeness (QED) is 0.725. The number of aromatic nitrogens is 2. The predicted molar refractivity (Wildman–Crippen MR) is 61.7 cm³/mol. The van der Waals surface area contributed by atoms with Crippen LogP contribution in [0.2, 0.25) is 0 Å². The Bertz CT molecular complexity index is 568. The highest BCUT2D eigenvalue weighted by atomic mass is 14.8. The van der Waals surface area contributed by atoms with Crippen LogP contribution < -0.4 is 0 Å². The lowest BCUT2D eigenvalue weighted by atomic mass is 10.0. The van der Waals surface area contributed by atoms with E-state index >= 15 is 0 Å². The fourth-order valence-corrected chi connectivity index (χ4v) is 1.48. The Morgan fingerprint density at radius 2 is 1.88 bits per heavy atom. The molecule has 1 aromatic carbocycles. The molecule has 3 heteroatoms. The number of benzene rings is 1. The summed E-state index contributed by atoms with van der Waals surface area (Å²) < 4.78 is 0. The Kier molecular flexibility index (Phi) is 2.65. The van der Waals surface area contributed by atoms with Crippen molar-refractivity contribution in [3.8, 4) is 17.3 Å². The third-order valence-corrected chi connectivity index (χ3v) is 2.58. The summed E-state index contributed by atoms with van der Waals surface area (Å²) in [4.78, 5) is 8.02. The minimum Gasteiger partial charge on any atom is -0.236 e. The van der Waals surface area contributed by atoms with Gasteiger partial charge < -0.3 is 0 Å². The molecule has 0 spiro atoms. The van der Waals surface area contributed by atoms with E-state index in [2.05, 4.69) is 35.9 Å². The summed E-state index contributed by atoms with van der Waals surface area (Å²) in [7, 11) is 0. The molecule has 1 aromatic heterocycles. The summed E-state index contributed by atoms with van der Waals surface area (Å²) in [6.07, 6.45) is 1.42. The Morgan fingerprint density at radius 1 is 1.06 bits per heavy atom. The second-order valence-corrected chi connectivity index (χ2v) is 3.70. The summed E-state index contributed by atoms with van der Waals surface area (Å²) in [5, 5.41) is 8.77. The second-order valence-electron chi connectivity index (χ2n) is 3.70. The number of rotatable bonds is 1. The fourth-order valence-electron chi connectivity index (χ4n) is 1.48. The largest absolute Gasteiger partial charge is 0.236 e. The zero-order valence-electron chi connectivity index (χ0n) is 9.23. The van der Waals surface area contributed by atoms with E-state index in [1.54, 1.807) is 6.07 Å². The number of hydrogen-bond acceptors (Lipinski definition) is 3. The minimum atomic E-state index is 0.392. The number of aryl methyl sites for hydroxylation is 2. The van der Waals surface area contributed by atoms with Crippen molar-refractivity contribution < 1.29 is 0 Å². The topological polar surface area (TPSA) is 49.6 Å². The summed E-state index contributed by atoms with van der Waals surface area (Å²) >= 11 is 0. The lowest BCUT2D eigenvalue weighted by Gasteiger charge is -2.04. The van der Waals surface area contributed by atoms with Gasteiger partial charge in [0.25, 0.3) is 0 Å². The minimum absolute atomic E-state index is 0.392. The van der Waals surface area contributed by atoms with Crippen molar-refractivity contribution in [2.75, 3.05) is 0 Å². The Hall–Kier alpha value is -2.21. The van der Waals surface area contributed by atoms with Crippen LogP contribution in [0, 0.1) is 25.2 Å². The third kappa shape index (κ3) is 1.91. The molecule has 16 heavy (non-hydrogen) atoms. The molecule has 0 aliphatic rings. The highest BCUT2D eigenvalue weighted by Crippen LogP contribution is 2.20. The van der Waals surface area contributed by atoms with Gasteiger partial charge in [-0.25, -0.2) is 9.97 Å². The average Bonchev–Trinajstić information content (AvgIpc) is 2.33. The van der Waals surface area contributed by atoms with E-state index in [1.165, 1.54) is 17.5 Å². The fraction of sp³-hybridized carbons (Fsp3) is 0.154. The van der Waals surface area contributed by atoms with E-state index in [0.717, 1.165) is 11.3 Å². The van der Waals surface area contributed by atoms with E-state index in [1.807, 2.05) is 12.1 Å². The molecule has 2 rings (SSSR count). The molecule has 0 bridgehead atoms. The monoisotopic (exact) mass is 209 g/mol. The molecule has 0 saturated heterocycles. The van der Waals surface area contributed by atoms with Crippen LogP contribution in [-0.2, 0) is 0 Å². The number of hydrogen-bond donors (Lipinski definition) is 0. The third-order valence-electron chi connectivity index (χ3n) is 2.58. The van der Waals surface area contributed by atoms with Crippen LogP contribution in [0.3, 0.4) is 0 Å². The first-order chi connectivity index (χ1) is 7.70. The standard InChI is InChI=1S/C13H11N3/c1-9-3-4-11(5-10(9)2)13-6-12(7-14)15-8-16-13/h3-6,8H,1-2H3. The van der Waals surface area contributed by atoms with E-state index < -0.39 is 0 Å². The molecule has 3 nitrogen and oxygen atoms in total. The van der Waals surface area contributed by atoms with E-state index in [9.17, 15) is 0 Å². The lowest BCUT2D eigenvalue weighted by molar-refractivity contribution is 1.14. The van der Waals surface area contributed by atoms with Gasteiger partial charge in [0, 0.05) is 11.6 Å². The van der Waals surface area contributed by atoms with Crippen LogP contribution in [0.25, 0.3) is 11.3 Å². The highest BCUT2D eigenvalue weighted by Gasteiger charge is 2.02. The van der Waals surface area contributed by atoms with Crippen LogP contribution in [-0.4, -0.2) is 9.97 Å². The van der Waals surface area contributed by atoms with Gasteiger partial charge in [0.15, 0.2) is 0 Å². The SMILES string of the molecule is Cc1ccc(-c2cc(C#N)ncn2)cc1C. The van der Waals surface area contributed by atoms with Crippen molar-refractivity contribution in [1.29, 1.82) is 5.26 Å².